The van der Waals surface area contributed by atoms with E-state index >= 15 is 0 Å². The van der Waals surface area contributed by atoms with Gasteiger partial charge in [-0.3, -0.25) is 9.48 Å². The van der Waals surface area contributed by atoms with Gasteiger partial charge in [0.25, 0.3) is 0 Å². The fourth-order valence-corrected chi connectivity index (χ4v) is 4.45. The van der Waals surface area contributed by atoms with Gasteiger partial charge in [-0.2, -0.15) is 5.10 Å². The average Bonchev–Trinajstić information content (AvgIpc) is 2.94. The summed E-state index contributed by atoms with van der Waals surface area (Å²) in [7, 11) is 1.96. The molecule has 1 aromatic heterocycles. The van der Waals surface area contributed by atoms with Gasteiger partial charge < -0.3 is 10.2 Å². The summed E-state index contributed by atoms with van der Waals surface area (Å²) in [6.07, 6.45) is 4.32. The minimum atomic E-state index is -0.123. The molecule has 1 unspecified atom stereocenters. The second kappa shape index (κ2) is 5.93. The Bertz CT molecular complexity index is 588. The van der Waals surface area contributed by atoms with Crippen LogP contribution in [0, 0.1) is 24.7 Å². The van der Waals surface area contributed by atoms with Crippen molar-refractivity contribution >= 4 is 5.91 Å². The summed E-state index contributed by atoms with van der Waals surface area (Å²) in [6, 6.07) is 2.10. The molecule has 1 saturated heterocycles. The van der Waals surface area contributed by atoms with Gasteiger partial charge in [-0.15, -0.1) is 0 Å². The van der Waals surface area contributed by atoms with Crippen LogP contribution in [-0.4, -0.2) is 47.3 Å². The first-order chi connectivity index (χ1) is 10.9. The molecular weight excluding hydrogens is 288 g/mol. The first-order valence-electron chi connectivity index (χ1n) is 8.85. The van der Waals surface area contributed by atoms with E-state index < -0.39 is 0 Å². The van der Waals surface area contributed by atoms with Crippen molar-refractivity contribution in [3.63, 3.8) is 0 Å². The molecule has 0 radical (unpaired) electrons. The fourth-order valence-electron chi connectivity index (χ4n) is 4.45. The van der Waals surface area contributed by atoms with Gasteiger partial charge in [-0.05, 0) is 64.1 Å². The quantitative estimate of drug-likeness (QED) is 0.905. The van der Waals surface area contributed by atoms with Crippen LogP contribution < -0.4 is 5.32 Å². The van der Waals surface area contributed by atoms with E-state index in [-0.39, 0.29) is 10.8 Å². The number of carbonyl (C=O) groups excluding carboxylic acids is 1. The molecule has 0 bridgehead atoms. The molecule has 3 rings (SSSR count). The minimum Gasteiger partial charge on any atom is -0.345 e. The van der Waals surface area contributed by atoms with Gasteiger partial charge in [-0.25, -0.2) is 0 Å². The molecule has 5 nitrogen and oxygen atoms in total. The summed E-state index contributed by atoms with van der Waals surface area (Å²) in [5, 5.41) is 7.90. The van der Waals surface area contributed by atoms with Crippen molar-refractivity contribution in [3.05, 3.63) is 17.5 Å². The van der Waals surface area contributed by atoms with Gasteiger partial charge >= 0.3 is 0 Å². The van der Waals surface area contributed by atoms with Gasteiger partial charge in [0, 0.05) is 25.8 Å². The second-order valence-corrected chi connectivity index (χ2v) is 7.77. The lowest BCUT2D eigenvalue weighted by Crippen LogP contribution is -2.39. The van der Waals surface area contributed by atoms with Crippen LogP contribution in [0.1, 0.15) is 44.0 Å². The number of hydrogen-bond donors (Lipinski definition) is 1. The molecule has 1 aliphatic carbocycles. The van der Waals surface area contributed by atoms with Crippen LogP contribution in [0.15, 0.2) is 6.07 Å². The zero-order valence-corrected chi connectivity index (χ0v) is 15.0. The highest BCUT2D eigenvalue weighted by molar-refractivity contribution is 5.86. The highest BCUT2D eigenvalue weighted by Crippen LogP contribution is 2.68. The Morgan fingerprint density at radius 1 is 1.39 bits per heavy atom. The molecule has 1 spiro atoms. The third-order valence-electron chi connectivity index (χ3n) is 6.08. The summed E-state index contributed by atoms with van der Waals surface area (Å²) >= 11 is 0. The standard InChI is InChI=1S/C18H30N4O/c1-14-12-15(2)22(20-14)11-5-10-21(4)16(23)17(3)13-18(17)6-8-19-9-7-18/h12,19H,5-11,13H2,1-4H3. The van der Waals surface area contributed by atoms with Gasteiger partial charge in [0.15, 0.2) is 0 Å². The molecule has 1 N–H and O–H groups in total. The van der Waals surface area contributed by atoms with Gasteiger partial charge in [-0.1, -0.05) is 6.92 Å². The Labute approximate surface area is 139 Å². The Hall–Kier alpha value is -1.36. The van der Waals surface area contributed by atoms with Gasteiger partial charge in [0.05, 0.1) is 11.1 Å². The van der Waals surface area contributed by atoms with Gasteiger partial charge in [0.2, 0.25) is 5.91 Å². The predicted octanol–water partition coefficient (Wildman–Crippen LogP) is 2.13. The Morgan fingerprint density at radius 2 is 2.09 bits per heavy atom. The number of carbonyl (C=O) groups is 1. The van der Waals surface area contributed by atoms with Crippen molar-refractivity contribution in [1.82, 2.24) is 20.0 Å². The summed E-state index contributed by atoms with van der Waals surface area (Å²) in [4.78, 5) is 14.8. The molecule has 2 aliphatic rings. The number of nitrogens with one attached hydrogen (secondary N) is 1. The van der Waals surface area contributed by atoms with E-state index in [1.807, 2.05) is 23.6 Å². The number of aromatic nitrogens is 2. The lowest BCUT2D eigenvalue weighted by molar-refractivity contribution is -0.136. The first kappa shape index (κ1) is 16.5. The van der Waals surface area contributed by atoms with Gasteiger partial charge in [0.1, 0.15) is 0 Å². The monoisotopic (exact) mass is 318 g/mol. The van der Waals surface area contributed by atoms with Crippen LogP contribution in [0.5, 0.6) is 0 Å². The van der Waals surface area contributed by atoms with E-state index in [2.05, 4.69) is 30.3 Å². The van der Waals surface area contributed by atoms with E-state index in [1.54, 1.807) is 0 Å². The van der Waals surface area contributed by atoms with Crippen LogP contribution in [0.3, 0.4) is 0 Å². The molecule has 1 amide bonds. The number of nitrogens with zero attached hydrogens (tertiary/aromatic N) is 3. The Morgan fingerprint density at radius 3 is 2.70 bits per heavy atom. The number of amides is 1. The highest BCUT2D eigenvalue weighted by Gasteiger charge is 2.68. The van der Waals surface area contributed by atoms with Crippen molar-refractivity contribution in [3.8, 4) is 0 Å². The topological polar surface area (TPSA) is 50.2 Å². The van der Waals surface area contributed by atoms with Crippen molar-refractivity contribution in [2.24, 2.45) is 10.8 Å². The summed E-state index contributed by atoms with van der Waals surface area (Å²) < 4.78 is 2.04. The summed E-state index contributed by atoms with van der Waals surface area (Å²) in [6.45, 7) is 10.1. The smallest absolute Gasteiger partial charge is 0.228 e. The fraction of sp³-hybridized carbons (Fsp3) is 0.778. The maximum atomic E-state index is 12.9. The van der Waals surface area contributed by atoms with Crippen molar-refractivity contribution < 1.29 is 4.79 Å². The highest BCUT2D eigenvalue weighted by atomic mass is 16.2. The van der Waals surface area contributed by atoms with E-state index in [4.69, 9.17) is 0 Å². The Kier molecular flexibility index (Phi) is 4.25. The van der Waals surface area contributed by atoms with Crippen molar-refractivity contribution in [2.45, 2.75) is 53.0 Å². The van der Waals surface area contributed by atoms with E-state index in [0.717, 1.165) is 57.6 Å². The van der Waals surface area contributed by atoms with E-state index in [1.165, 1.54) is 5.69 Å². The molecule has 1 aromatic rings. The largest absolute Gasteiger partial charge is 0.345 e. The normalized spacial score (nSPS) is 25.6. The molecule has 1 aliphatic heterocycles. The molecular formula is C18H30N4O. The second-order valence-electron chi connectivity index (χ2n) is 7.77. The molecule has 5 heteroatoms. The third-order valence-corrected chi connectivity index (χ3v) is 6.08. The zero-order chi connectivity index (χ0) is 16.7. The first-order valence-corrected chi connectivity index (χ1v) is 8.85. The molecule has 2 heterocycles. The van der Waals surface area contributed by atoms with Crippen molar-refractivity contribution in [1.29, 1.82) is 0 Å². The number of piperidine rings is 1. The molecule has 128 valence electrons. The number of hydrogen-bond acceptors (Lipinski definition) is 3. The summed E-state index contributed by atoms with van der Waals surface area (Å²) in [5.41, 5.74) is 2.41. The molecule has 0 aromatic carbocycles. The predicted molar refractivity (Wildman–Crippen MR) is 91.2 cm³/mol. The molecule has 1 saturated carbocycles. The van der Waals surface area contributed by atoms with E-state index in [9.17, 15) is 4.79 Å². The SMILES string of the molecule is Cc1cc(C)n(CCCN(C)C(=O)C2(C)CC23CCNCC3)n1. The Balaban J connectivity index is 1.51. The van der Waals surface area contributed by atoms with Crippen LogP contribution in [-0.2, 0) is 11.3 Å². The molecule has 1 atom stereocenters. The lowest BCUT2D eigenvalue weighted by atomic mass is 9.85. The zero-order valence-electron chi connectivity index (χ0n) is 15.0. The summed E-state index contributed by atoms with van der Waals surface area (Å²) in [5.74, 6) is 0.341. The average molecular weight is 318 g/mol. The number of aryl methyl sites for hydroxylation is 3. The lowest BCUT2D eigenvalue weighted by Gasteiger charge is -2.30. The van der Waals surface area contributed by atoms with E-state index in [0.29, 0.717) is 5.91 Å². The minimum absolute atomic E-state index is 0.123. The molecule has 23 heavy (non-hydrogen) atoms. The van der Waals surface area contributed by atoms with Crippen LogP contribution >= 0.6 is 0 Å². The maximum Gasteiger partial charge on any atom is 0.228 e. The number of rotatable bonds is 5. The maximum absolute atomic E-state index is 12.9. The van der Waals surface area contributed by atoms with Crippen LogP contribution in [0.4, 0.5) is 0 Å². The van der Waals surface area contributed by atoms with Crippen molar-refractivity contribution in [2.75, 3.05) is 26.7 Å². The molecule has 2 fully saturated rings. The third kappa shape index (κ3) is 2.91. The van der Waals surface area contributed by atoms with Crippen LogP contribution in [0.25, 0.3) is 0 Å². The van der Waals surface area contributed by atoms with Crippen LogP contribution in [0.2, 0.25) is 0 Å².